The highest BCUT2D eigenvalue weighted by Gasteiger charge is 1.91. The SMILES string of the molecule is CC(=O)NCC#Cc1cncc(C#N)c1. The van der Waals surface area contributed by atoms with E-state index in [2.05, 4.69) is 22.1 Å². The zero-order valence-electron chi connectivity index (χ0n) is 8.24. The van der Waals surface area contributed by atoms with Gasteiger partial charge < -0.3 is 5.32 Å². The number of amides is 1. The molecule has 15 heavy (non-hydrogen) atoms. The monoisotopic (exact) mass is 199 g/mol. The van der Waals surface area contributed by atoms with Crippen LogP contribution in [0.2, 0.25) is 0 Å². The quantitative estimate of drug-likeness (QED) is 0.667. The molecular formula is C11H9N3O. The van der Waals surface area contributed by atoms with E-state index < -0.39 is 0 Å². The van der Waals surface area contributed by atoms with E-state index in [0.29, 0.717) is 17.7 Å². The van der Waals surface area contributed by atoms with Crippen LogP contribution in [0.4, 0.5) is 0 Å². The van der Waals surface area contributed by atoms with Gasteiger partial charge in [-0.05, 0) is 6.07 Å². The van der Waals surface area contributed by atoms with Crippen molar-refractivity contribution in [1.29, 1.82) is 5.26 Å². The van der Waals surface area contributed by atoms with E-state index in [9.17, 15) is 4.79 Å². The lowest BCUT2D eigenvalue weighted by Crippen LogP contribution is -2.19. The number of hydrogen-bond donors (Lipinski definition) is 1. The molecule has 0 aromatic carbocycles. The first-order chi connectivity index (χ1) is 7.22. The average molecular weight is 199 g/mol. The normalized spacial score (nSPS) is 8.27. The molecule has 0 saturated heterocycles. The van der Waals surface area contributed by atoms with E-state index in [1.807, 2.05) is 6.07 Å². The van der Waals surface area contributed by atoms with E-state index in [4.69, 9.17) is 5.26 Å². The Labute approximate surface area is 87.9 Å². The van der Waals surface area contributed by atoms with Crippen LogP contribution >= 0.6 is 0 Å². The lowest BCUT2D eigenvalue weighted by Gasteiger charge is -1.92. The predicted molar refractivity (Wildman–Crippen MR) is 54.5 cm³/mol. The van der Waals surface area contributed by atoms with Crippen LogP contribution in [0.25, 0.3) is 0 Å². The fourth-order valence-corrected chi connectivity index (χ4v) is 0.884. The number of rotatable bonds is 1. The number of carbonyl (C=O) groups is 1. The molecule has 0 aliphatic rings. The van der Waals surface area contributed by atoms with Crippen molar-refractivity contribution in [3.05, 3.63) is 29.6 Å². The summed E-state index contributed by atoms with van der Waals surface area (Å²) in [6.45, 7) is 1.73. The van der Waals surface area contributed by atoms with Gasteiger partial charge in [0.05, 0.1) is 12.1 Å². The smallest absolute Gasteiger partial charge is 0.217 e. The number of nitrogens with zero attached hydrogens (tertiary/aromatic N) is 2. The molecule has 1 heterocycles. The van der Waals surface area contributed by atoms with E-state index in [1.54, 1.807) is 12.3 Å². The molecule has 1 N–H and O–H groups in total. The number of nitriles is 1. The van der Waals surface area contributed by atoms with Gasteiger partial charge in [-0.25, -0.2) is 0 Å². The molecule has 1 rings (SSSR count). The lowest BCUT2D eigenvalue weighted by molar-refractivity contribution is -0.118. The third-order valence-corrected chi connectivity index (χ3v) is 1.53. The number of hydrogen-bond acceptors (Lipinski definition) is 3. The van der Waals surface area contributed by atoms with Crippen LogP contribution in [0.5, 0.6) is 0 Å². The molecule has 0 saturated carbocycles. The van der Waals surface area contributed by atoms with Crippen molar-refractivity contribution in [3.63, 3.8) is 0 Å². The van der Waals surface area contributed by atoms with Gasteiger partial charge in [0.15, 0.2) is 0 Å². The summed E-state index contributed by atoms with van der Waals surface area (Å²) in [5.74, 6) is 5.43. The molecule has 4 nitrogen and oxygen atoms in total. The van der Waals surface area contributed by atoms with Gasteiger partial charge >= 0.3 is 0 Å². The highest BCUT2D eigenvalue weighted by molar-refractivity contribution is 5.73. The van der Waals surface area contributed by atoms with Crippen LogP contribution in [0.3, 0.4) is 0 Å². The molecule has 4 heteroatoms. The minimum Gasteiger partial charge on any atom is -0.345 e. The average Bonchev–Trinajstić information content (AvgIpc) is 2.24. The zero-order chi connectivity index (χ0) is 11.1. The van der Waals surface area contributed by atoms with Crippen molar-refractivity contribution in [2.75, 3.05) is 6.54 Å². The first-order valence-electron chi connectivity index (χ1n) is 4.31. The van der Waals surface area contributed by atoms with Gasteiger partial charge in [0.1, 0.15) is 6.07 Å². The Morgan fingerprint density at radius 3 is 2.93 bits per heavy atom. The summed E-state index contributed by atoms with van der Waals surface area (Å²) in [6.07, 6.45) is 3.04. The van der Waals surface area contributed by atoms with Gasteiger partial charge in [-0.2, -0.15) is 5.26 Å². The van der Waals surface area contributed by atoms with Gasteiger partial charge in [0.2, 0.25) is 5.91 Å². The van der Waals surface area contributed by atoms with E-state index in [-0.39, 0.29) is 5.91 Å². The third-order valence-electron chi connectivity index (χ3n) is 1.53. The van der Waals surface area contributed by atoms with Crippen LogP contribution in [-0.4, -0.2) is 17.4 Å². The van der Waals surface area contributed by atoms with Gasteiger partial charge in [0, 0.05) is 24.9 Å². The van der Waals surface area contributed by atoms with Crippen LogP contribution in [0.15, 0.2) is 18.5 Å². The van der Waals surface area contributed by atoms with Crippen molar-refractivity contribution >= 4 is 5.91 Å². The number of aromatic nitrogens is 1. The van der Waals surface area contributed by atoms with Gasteiger partial charge in [-0.1, -0.05) is 11.8 Å². The fourth-order valence-electron chi connectivity index (χ4n) is 0.884. The van der Waals surface area contributed by atoms with Crippen LogP contribution in [0, 0.1) is 23.2 Å². The molecule has 1 amide bonds. The second kappa shape index (κ2) is 5.41. The lowest BCUT2D eigenvalue weighted by atomic mass is 10.2. The minimum absolute atomic E-state index is 0.117. The van der Waals surface area contributed by atoms with Crippen molar-refractivity contribution < 1.29 is 4.79 Å². The first-order valence-corrected chi connectivity index (χ1v) is 4.31. The molecule has 0 fully saturated rings. The van der Waals surface area contributed by atoms with Crippen molar-refractivity contribution in [2.24, 2.45) is 0 Å². The summed E-state index contributed by atoms with van der Waals surface area (Å²) in [5, 5.41) is 11.2. The van der Waals surface area contributed by atoms with E-state index >= 15 is 0 Å². The molecule has 1 aromatic rings. The first kappa shape index (κ1) is 10.7. The number of nitrogens with one attached hydrogen (secondary N) is 1. The van der Waals surface area contributed by atoms with Gasteiger partial charge in [0.25, 0.3) is 0 Å². The Morgan fingerprint density at radius 2 is 2.27 bits per heavy atom. The summed E-state index contributed by atoms with van der Waals surface area (Å²) in [7, 11) is 0. The van der Waals surface area contributed by atoms with Crippen molar-refractivity contribution in [2.45, 2.75) is 6.92 Å². The second-order valence-electron chi connectivity index (χ2n) is 2.79. The Morgan fingerprint density at radius 1 is 1.53 bits per heavy atom. The largest absolute Gasteiger partial charge is 0.345 e. The Hall–Kier alpha value is -2.33. The molecule has 0 aliphatic heterocycles. The Bertz CT molecular complexity index is 463. The molecule has 0 radical (unpaired) electrons. The molecule has 1 aromatic heterocycles. The fraction of sp³-hybridized carbons (Fsp3) is 0.182. The van der Waals surface area contributed by atoms with Gasteiger partial charge in [-0.15, -0.1) is 0 Å². The maximum atomic E-state index is 10.5. The molecular weight excluding hydrogens is 190 g/mol. The molecule has 0 spiro atoms. The maximum Gasteiger partial charge on any atom is 0.217 e. The topological polar surface area (TPSA) is 65.8 Å². The minimum atomic E-state index is -0.117. The van der Waals surface area contributed by atoms with E-state index in [1.165, 1.54) is 13.1 Å². The third kappa shape index (κ3) is 3.93. The van der Waals surface area contributed by atoms with Crippen LogP contribution in [0.1, 0.15) is 18.1 Å². The zero-order valence-corrected chi connectivity index (χ0v) is 8.24. The number of pyridine rings is 1. The van der Waals surface area contributed by atoms with Crippen LogP contribution in [-0.2, 0) is 4.79 Å². The summed E-state index contributed by atoms with van der Waals surface area (Å²) in [4.78, 5) is 14.4. The summed E-state index contributed by atoms with van der Waals surface area (Å²) in [6, 6.07) is 3.62. The molecule has 0 bridgehead atoms. The van der Waals surface area contributed by atoms with Gasteiger partial charge in [-0.3, -0.25) is 9.78 Å². The summed E-state index contributed by atoms with van der Waals surface area (Å²) in [5.41, 5.74) is 1.14. The van der Waals surface area contributed by atoms with Crippen molar-refractivity contribution in [3.8, 4) is 17.9 Å². The number of carbonyl (C=O) groups excluding carboxylic acids is 1. The van der Waals surface area contributed by atoms with Crippen LogP contribution < -0.4 is 5.32 Å². The highest BCUT2D eigenvalue weighted by Crippen LogP contribution is 1.98. The second-order valence-corrected chi connectivity index (χ2v) is 2.79. The molecule has 0 unspecified atom stereocenters. The molecule has 0 atom stereocenters. The maximum absolute atomic E-state index is 10.5. The summed E-state index contributed by atoms with van der Waals surface area (Å²) < 4.78 is 0. The molecule has 74 valence electrons. The van der Waals surface area contributed by atoms with E-state index in [0.717, 1.165) is 0 Å². The Kier molecular flexibility index (Phi) is 3.88. The standard InChI is InChI=1S/C11H9N3O/c1-9(15)14-4-2-3-10-5-11(6-12)8-13-7-10/h5,7-8H,4H2,1H3,(H,14,15). The Balaban J connectivity index is 2.64. The highest BCUT2D eigenvalue weighted by atomic mass is 16.1. The van der Waals surface area contributed by atoms with Crippen molar-refractivity contribution in [1.82, 2.24) is 10.3 Å². The predicted octanol–water partition coefficient (Wildman–Crippen LogP) is 0.441. The molecule has 0 aliphatic carbocycles. The summed E-state index contributed by atoms with van der Waals surface area (Å²) >= 11 is 0.